The summed E-state index contributed by atoms with van der Waals surface area (Å²) in [6, 6.07) is 11.5. The number of hydrogen-bond acceptors (Lipinski definition) is 2. The van der Waals surface area contributed by atoms with Gasteiger partial charge < -0.3 is 10.2 Å². The van der Waals surface area contributed by atoms with Crippen molar-refractivity contribution in [2.45, 2.75) is 38.6 Å². The van der Waals surface area contributed by atoms with Gasteiger partial charge in [0.1, 0.15) is 0 Å². The lowest BCUT2D eigenvalue weighted by Crippen LogP contribution is -2.40. The van der Waals surface area contributed by atoms with Crippen molar-refractivity contribution in [1.82, 2.24) is 10.2 Å². The van der Waals surface area contributed by atoms with Crippen molar-refractivity contribution >= 4 is 0 Å². The molecule has 1 aromatic rings. The van der Waals surface area contributed by atoms with Crippen molar-refractivity contribution in [3.8, 4) is 0 Å². The van der Waals surface area contributed by atoms with Gasteiger partial charge in [-0.2, -0.15) is 0 Å². The topological polar surface area (TPSA) is 15.3 Å². The molecule has 0 bridgehead atoms. The maximum Gasteiger partial charge on any atom is 0.0235 e. The Morgan fingerprint density at radius 2 is 2.05 bits per heavy atom. The number of benzene rings is 1. The monoisotopic (exact) mass is 258 g/mol. The zero-order valence-electron chi connectivity index (χ0n) is 12.1. The molecule has 2 aliphatic rings. The Morgan fingerprint density at radius 1 is 1.26 bits per heavy atom. The van der Waals surface area contributed by atoms with Crippen LogP contribution < -0.4 is 5.32 Å². The van der Waals surface area contributed by atoms with Gasteiger partial charge in [-0.05, 0) is 49.8 Å². The molecular weight excluding hydrogens is 232 g/mol. The van der Waals surface area contributed by atoms with Crippen LogP contribution >= 0.6 is 0 Å². The summed E-state index contributed by atoms with van der Waals surface area (Å²) in [6.07, 6.45) is 5.32. The molecule has 1 atom stereocenters. The maximum absolute atomic E-state index is 3.72. The van der Waals surface area contributed by atoms with Crippen LogP contribution in [-0.2, 0) is 6.42 Å². The van der Waals surface area contributed by atoms with Crippen molar-refractivity contribution in [2.75, 3.05) is 26.2 Å². The molecule has 1 unspecified atom stereocenters. The summed E-state index contributed by atoms with van der Waals surface area (Å²) in [5.74, 6) is 0. The molecule has 0 aromatic heterocycles. The Hall–Kier alpha value is -0.860. The van der Waals surface area contributed by atoms with Gasteiger partial charge in [-0.3, -0.25) is 0 Å². The first kappa shape index (κ1) is 13.1. The second kappa shape index (κ2) is 5.64. The molecule has 1 saturated heterocycles. The third-order valence-electron chi connectivity index (χ3n) is 4.60. The van der Waals surface area contributed by atoms with Crippen LogP contribution in [0.2, 0.25) is 0 Å². The van der Waals surface area contributed by atoms with E-state index in [0.717, 1.165) is 6.42 Å². The van der Waals surface area contributed by atoms with Crippen molar-refractivity contribution < 1.29 is 0 Å². The lowest BCUT2D eigenvalue weighted by molar-refractivity contribution is 0.223. The second-order valence-corrected chi connectivity index (χ2v) is 6.74. The van der Waals surface area contributed by atoms with Crippen molar-refractivity contribution in [3.63, 3.8) is 0 Å². The SMILES string of the molecule is CC1(CN2CCCNC(Cc3ccccc3)C2)CC1. The summed E-state index contributed by atoms with van der Waals surface area (Å²) in [5.41, 5.74) is 2.10. The smallest absolute Gasteiger partial charge is 0.0235 e. The van der Waals surface area contributed by atoms with Crippen LogP contribution in [0, 0.1) is 5.41 Å². The van der Waals surface area contributed by atoms with E-state index in [0.29, 0.717) is 11.5 Å². The third kappa shape index (κ3) is 3.80. The van der Waals surface area contributed by atoms with Crippen LogP contribution in [0.4, 0.5) is 0 Å². The fraction of sp³-hybridized carbons (Fsp3) is 0.647. The van der Waals surface area contributed by atoms with Gasteiger partial charge in [-0.25, -0.2) is 0 Å². The van der Waals surface area contributed by atoms with Crippen molar-refractivity contribution in [3.05, 3.63) is 35.9 Å². The highest BCUT2D eigenvalue weighted by molar-refractivity contribution is 5.16. The summed E-state index contributed by atoms with van der Waals surface area (Å²) >= 11 is 0. The Balaban J connectivity index is 1.58. The molecule has 1 N–H and O–H groups in total. The largest absolute Gasteiger partial charge is 0.312 e. The number of nitrogens with zero attached hydrogens (tertiary/aromatic N) is 1. The summed E-state index contributed by atoms with van der Waals surface area (Å²) in [4.78, 5) is 2.70. The molecule has 2 nitrogen and oxygen atoms in total. The number of hydrogen-bond donors (Lipinski definition) is 1. The normalized spacial score (nSPS) is 26.9. The Kier molecular flexibility index (Phi) is 3.90. The molecule has 1 aliphatic heterocycles. The summed E-state index contributed by atoms with van der Waals surface area (Å²) in [6.45, 7) is 7.40. The quantitative estimate of drug-likeness (QED) is 0.893. The van der Waals surface area contributed by atoms with E-state index in [4.69, 9.17) is 0 Å². The average molecular weight is 258 g/mol. The molecule has 1 heterocycles. The zero-order valence-corrected chi connectivity index (χ0v) is 12.1. The van der Waals surface area contributed by atoms with Crippen LogP contribution in [0.1, 0.15) is 31.7 Å². The molecule has 2 heteroatoms. The highest BCUT2D eigenvalue weighted by atomic mass is 15.2. The molecule has 1 aliphatic carbocycles. The van der Waals surface area contributed by atoms with Gasteiger partial charge >= 0.3 is 0 Å². The third-order valence-corrected chi connectivity index (χ3v) is 4.60. The minimum absolute atomic E-state index is 0.618. The molecule has 1 saturated carbocycles. The summed E-state index contributed by atoms with van der Waals surface area (Å²) < 4.78 is 0. The van der Waals surface area contributed by atoms with Crippen LogP contribution in [-0.4, -0.2) is 37.1 Å². The van der Waals surface area contributed by atoms with Gasteiger partial charge in [0.25, 0.3) is 0 Å². The molecule has 3 rings (SSSR count). The summed E-state index contributed by atoms with van der Waals surface area (Å²) in [5, 5.41) is 3.72. The standard InChI is InChI=1S/C17H26N2/c1-17(8-9-17)14-19-11-5-10-18-16(13-19)12-15-6-3-2-4-7-15/h2-4,6-7,16,18H,5,8-14H2,1H3. The molecular formula is C17H26N2. The molecule has 0 spiro atoms. The maximum atomic E-state index is 3.72. The Labute approximate surface area is 117 Å². The lowest BCUT2D eigenvalue weighted by atomic mass is 10.0. The molecule has 0 amide bonds. The van der Waals surface area contributed by atoms with Gasteiger partial charge in [-0.1, -0.05) is 37.3 Å². The van der Waals surface area contributed by atoms with E-state index in [2.05, 4.69) is 47.5 Å². The van der Waals surface area contributed by atoms with Crippen LogP contribution in [0.15, 0.2) is 30.3 Å². The fourth-order valence-electron chi connectivity index (χ4n) is 3.17. The Bertz CT molecular complexity index is 397. The highest BCUT2D eigenvalue weighted by Gasteiger charge is 2.39. The van der Waals surface area contributed by atoms with E-state index in [9.17, 15) is 0 Å². The minimum atomic E-state index is 0.618. The molecule has 1 aromatic carbocycles. The fourth-order valence-corrected chi connectivity index (χ4v) is 3.17. The van der Waals surface area contributed by atoms with E-state index < -0.39 is 0 Å². The van der Waals surface area contributed by atoms with Crippen molar-refractivity contribution in [2.24, 2.45) is 5.41 Å². The predicted molar refractivity (Wildman–Crippen MR) is 80.3 cm³/mol. The molecule has 0 radical (unpaired) electrons. The highest BCUT2D eigenvalue weighted by Crippen LogP contribution is 2.45. The first-order valence-corrected chi connectivity index (χ1v) is 7.73. The predicted octanol–water partition coefficient (Wildman–Crippen LogP) is 2.69. The van der Waals surface area contributed by atoms with E-state index in [1.807, 2.05) is 0 Å². The van der Waals surface area contributed by atoms with Crippen LogP contribution in [0.25, 0.3) is 0 Å². The molecule has 2 fully saturated rings. The minimum Gasteiger partial charge on any atom is -0.312 e. The molecule has 19 heavy (non-hydrogen) atoms. The number of rotatable bonds is 4. The van der Waals surface area contributed by atoms with E-state index in [1.165, 1.54) is 51.0 Å². The van der Waals surface area contributed by atoms with Gasteiger partial charge in [0, 0.05) is 19.1 Å². The van der Waals surface area contributed by atoms with E-state index in [-0.39, 0.29) is 0 Å². The summed E-state index contributed by atoms with van der Waals surface area (Å²) in [7, 11) is 0. The van der Waals surface area contributed by atoms with Crippen LogP contribution in [0.5, 0.6) is 0 Å². The van der Waals surface area contributed by atoms with E-state index >= 15 is 0 Å². The average Bonchev–Trinajstić information content (AvgIpc) is 3.16. The lowest BCUT2D eigenvalue weighted by Gasteiger charge is -2.27. The van der Waals surface area contributed by atoms with Gasteiger partial charge in [-0.15, -0.1) is 0 Å². The van der Waals surface area contributed by atoms with Gasteiger partial charge in [0.15, 0.2) is 0 Å². The van der Waals surface area contributed by atoms with Gasteiger partial charge in [0.05, 0.1) is 0 Å². The zero-order chi connectivity index (χ0) is 13.1. The first-order chi connectivity index (χ1) is 9.23. The van der Waals surface area contributed by atoms with Crippen molar-refractivity contribution in [1.29, 1.82) is 0 Å². The van der Waals surface area contributed by atoms with E-state index in [1.54, 1.807) is 0 Å². The van der Waals surface area contributed by atoms with Crippen LogP contribution in [0.3, 0.4) is 0 Å². The van der Waals surface area contributed by atoms with Gasteiger partial charge in [0.2, 0.25) is 0 Å². The second-order valence-electron chi connectivity index (χ2n) is 6.74. The molecule has 104 valence electrons. The Morgan fingerprint density at radius 3 is 2.79 bits per heavy atom. The number of nitrogens with one attached hydrogen (secondary N) is 1. The first-order valence-electron chi connectivity index (χ1n) is 7.73.